The number of nitrogens with zero attached hydrogens (tertiary/aromatic N) is 2. The highest BCUT2D eigenvalue weighted by molar-refractivity contribution is 6.28. The van der Waals surface area contributed by atoms with E-state index in [1.807, 2.05) is 0 Å². The molecule has 0 spiro atoms. The maximum atomic E-state index is 2.43. The van der Waals surface area contributed by atoms with Gasteiger partial charge in [-0.15, -0.1) is 0 Å². The SMILES string of the molecule is Cc1cccc(N(c2ccc3ccccc3c2)c2ccc3ccc4c(N(c5cccc(C)c5)c5ccc6ccccc6c5)ccc5ccc2c3c54)c1. The lowest BCUT2D eigenvalue weighted by Crippen LogP contribution is -2.11. The molecule has 0 heterocycles. The summed E-state index contributed by atoms with van der Waals surface area (Å²) >= 11 is 0. The fraction of sp³-hybridized carbons (Fsp3) is 0.0400. The molecule has 246 valence electrons. The maximum absolute atomic E-state index is 2.43. The number of hydrogen-bond acceptors (Lipinski definition) is 2. The van der Waals surface area contributed by atoms with Gasteiger partial charge in [0.25, 0.3) is 0 Å². The Labute approximate surface area is 303 Å². The van der Waals surface area contributed by atoms with Gasteiger partial charge in [-0.1, -0.05) is 121 Å². The van der Waals surface area contributed by atoms with Crippen LogP contribution < -0.4 is 9.80 Å². The number of aryl methyl sites for hydroxylation is 2. The largest absolute Gasteiger partial charge is 0.310 e. The van der Waals surface area contributed by atoms with E-state index in [-0.39, 0.29) is 0 Å². The first-order valence-corrected chi connectivity index (χ1v) is 18.0. The van der Waals surface area contributed by atoms with E-state index in [0.29, 0.717) is 0 Å². The van der Waals surface area contributed by atoms with Crippen molar-refractivity contribution < 1.29 is 0 Å². The van der Waals surface area contributed by atoms with E-state index in [1.165, 1.54) is 76.4 Å². The van der Waals surface area contributed by atoms with Crippen molar-refractivity contribution >= 4 is 88.0 Å². The molecule has 0 saturated carbocycles. The topological polar surface area (TPSA) is 6.48 Å². The van der Waals surface area contributed by atoms with E-state index in [4.69, 9.17) is 0 Å². The third-order valence-electron chi connectivity index (χ3n) is 10.6. The Morgan fingerprint density at radius 1 is 0.288 bits per heavy atom. The molecule has 0 N–H and O–H groups in total. The molecular weight excluding hydrogens is 629 g/mol. The van der Waals surface area contributed by atoms with Crippen molar-refractivity contribution in [2.45, 2.75) is 13.8 Å². The van der Waals surface area contributed by atoms with Gasteiger partial charge in [-0.2, -0.15) is 0 Å². The third-order valence-corrected chi connectivity index (χ3v) is 10.6. The molecule has 0 bridgehead atoms. The van der Waals surface area contributed by atoms with Gasteiger partial charge in [-0.25, -0.2) is 0 Å². The monoisotopic (exact) mass is 664 g/mol. The summed E-state index contributed by atoms with van der Waals surface area (Å²) in [5.74, 6) is 0. The number of benzene rings is 10. The van der Waals surface area contributed by atoms with Crippen LogP contribution >= 0.6 is 0 Å². The first kappa shape index (κ1) is 30.2. The molecule has 0 fully saturated rings. The van der Waals surface area contributed by atoms with Gasteiger partial charge in [-0.05, 0) is 129 Å². The molecule has 0 radical (unpaired) electrons. The second kappa shape index (κ2) is 12.0. The number of rotatable bonds is 6. The van der Waals surface area contributed by atoms with Gasteiger partial charge < -0.3 is 9.80 Å². The van der Waals surface area contributed by atoms with E-state index in [2.05, 4.69) is 206 Å². The van der Waals surface area contributed by atoms with Crippen LogP contribution in [0.5, 0.6) is 0 Å². The molecule has 52 heavy (non-hydrogen) atoms. The predicted octanol–water partition coefficient (Wildman–Crippen LogP) is 14.4. The molecule has 0 saturated heterocycles. The lowest BCUT2D eigenvalue weighted by Gasteiger charge is -2.30. The van der Waals surface area contributed by atoms with Gasteiger partial charge in [0.05, 0.1) is 11.4 Å². The molecule has 0 atom stereocenters. The average Bonchev–Trinajstić information content (AvgIpc) is 3.18. The summed E-state index contributed by atoms with van der Waals surface area (Å²) in [4.78, 5) is 4.86. The van der Waals surface area contributed by atoms with Crippen LogP contribution in [-0.2, 0) is 0 Å². The van der Waals surface area contributed by atoms with Gasteiger partial charge in [0.1, 0.15) is 0 Å². The fourth-order valence-corrected chi connectivity index (χ4v) is 8.18. The summed E-state index contributed by atoms with van der Waals surface area (Å²) < 4.78 is 0. The highest BCUT2D eigenvalue weighted by Gasteiger charge is 2.22. The summed E-state index contributed by atoms with van der Waals surface area (Å²) in [6.45, 7) is 4.34. The second-order valence-corrected chi connectivity index (χ2v) is 14.0. The Hall–Kier alpha value is -6.64. The molecule has 0 aliphatic rings. The minimum absolute atomic E-state index is 1.14. The predicted molar refractivity (Wildman–Crippen MR) is 224 cm³/mol. The van der Waals surface area contributed by atoms with Crippen LogP contribution in [0.1, 0.15) is 11.1 Å². The third kappa shape index (κ3) is 4.95. The smallest absolute Gasteiger partial charge is 0.0540 e. The Bertz CT molecular complexity index is 2750. The van der Waals surface area contributed by atoms with E-state index in [0.717, 1.165) is 22.7 Å². The first-order chi connectivity index (χ1) is 25.6. The zero-order chi connectivity index (χ0) is 34.8. The minimum Gasteiger partial charge on any atom is -0.310 e. The lowest BCUT2D eigenvalue weighted by molar-refractivity contribution is 1.29. The molecular formula is C50H36N2. The van der Waals surface area contributed by atoms with Crippen molar-refractivity contribution in [3.63, 3.8) is 0 Å². The summed E-state index contributed by atoms with van der Waals surface area (Å²) in [6.07, 6.45) is 0. The fourth-order valence-electron chi connectivity index (χ4n) is 8.18. The van der Waals surface area contributed by atoms with Gasteiger partial charge >= 0.3 is 0 Å². The van der Waals surface area contributed by atoms with Crippen LogP contribution in [0.4, 0.5) is 34.1 Å². The first-order valence-electron chi connectivity index (χ1n) is 18.0. The Balaban J connectivity index is 1.24. The number of anilines is 6. The molecule has 0 amide bonds. The van der Waals surface area contributed by atoms with E-state index < -0.39 is 0 Å². The van der Waals surface area contributed by atoms with E-state index >= 15 is 0 Å². The summed E-state index contributed by atoms with van der Waals surface area (Å²) in [5.41, 5.74) is 9.37. The number of fused-ring (bicyclic) bond motifs is 2. The van der Waals surface area contributed by atoms with Crippen LogP contribution in [0.15, 0.2) is 182 Å². The normalized spacial score (nSPS) is 11.7. The number of hydrogen-bond donors (Lipinski definition) is 0. The Morgan fingerprint density at radius 3 is 1.12 bits per heavy atom. The quantitative estimate of drug-likeness (QED) is 0.163. The highest BCUT2D eigenvalue weighted by atomic mass is 15.1. The standard InChI is InChI=1S/C50H36N2/c1-33-9-7-15-41(29-33)51(43-23-17-35-11-3-5-13-39(35)31-43)47-27-21-37-20-26-46-48(28-22-38-19-25-45(47)49(37)50(38)46)52(42-16-8-10-34(2)30-42)44-24-18-36-12-4-6-14-40(36)32-44/h3-32H,1-2H3. The maximum Gasteiger partial charge on any atom is 0.0540 e. The van der Waals surface area contributed by atoms with Crippen molar-refractivity contribution in [3.8, 4) is 0 Å². The van der Waals surface area contributed by atoms with Gasteiger partial charge in [0.15, 0.2) is 0 Å². The van der Waals surface area contributed by atoms with Crippen molar-refractivity contribution in [1.29, 1.82) is 0 Å². The lowest BCUT2D eigenvalue weighted by atomic mass is 9.91. The molecule has 10 aromatic carbocycles. The van der Waals surface area contributed by atoms with Crippen LogP contribution in [0.2, 0.25) is 0 Å². The van der Waals surface area contributed by atoms with E-state index in [9.17, 15) is 0 Å². The average molecular weight is 665 g/mol. The summed E-state index contributed by atoms with van der Waals surface area (Å²) in [7, 11) is 0. The van der Waals surface area contributed by atoms with E-state index in [1.54, 1.807) is 0 Å². The zero-order valence-electron chi connectivity index (χ0n) is 29.2. The van der Waals surface area contributed by atoms with Crippen molar-refractivity contribution in [2.75, 3.05) is 9.80 Å². The van der Waals surface area contributed by atoms with Crippen molar-refractivity contribution in [2.24, 2.45) is 0 Å². The molecule has 0 aliphatic carbocycles. The van der Waals surface area contributed by atoms with Crippen molar-refractivity contribution in [3.05, 3.63) is 193 Å². The molecule has 10 rings (SSSR count). The van der Waals surface area contributed by atoms with Crippen LogP contribution in [0, 0.1) is 13.8 Å². The summed E-state index contributed by atoms with van der Waals surface area (Å²) in [5, 5.41) is 12.5. The highest BCUT2D eigenvalue weighted by Crippen LogP contribution is 2.48. The molecule has 10 aromatic rings. The summed E-state index contributed by atoms with van der Waals surface area (Å²) in [6, 6.07) is 67.0. The minimum atomic E-state index is 1.14. The van der Waals surface area contributed by atoms with Crippen molar-refractivity contribution in [1.82, 2.24) is 0 Å². The van der Waals surface area contributed by atoms with Gasteiger partial charge in [0, 0.05) is 33.5 Å². The molecule has 0 unspecified atom stereocenters. The van der Waals surface area contributed by atoms with Gasteiger partial charge in [0.2, 0.25) is 0 Å². The Kier molecular flexibility index (Phi) is 6.97. The second-order valence-electron chi connectivity index (χ2n) is 14.0. The molecule has 0 aromatic heterocycles. The van der Waals surface area contributed by atoms with Crippen LogP contribution in [0.3, 0.4) is 0 Å². The molecule has 2 nitrogen and oxygen atoms in total. The molecule has 0 aliphatic heterocycles. The van der Waals surface area contributed by atoms with Crippen LogP contribution in [-0.4, -0.2) is 0 Å². The van der Waals surface area contributed by atoms with Gasteiger partial charge in [-0.3, -0.25) is 0 Å². The molecule has 2 heteroatoms. The Morgan fingerprint density at radius 2 is 0.673 bits per heavy atom. The van der Waals surface area contributed by atoms with Crippen LogP contribution in [0.25, 0.3) is 53.9 Å². The zero-order valence-corrected chi connectivity index (χ0v) is 29.2.